The van der Waals surface area contributed by atoms with Crippen LogP contribution < -0.4 is 0 Å². The van der Waals surface area contributed by atoms with Crippen LogP contribution in [0.25, 0.3) is 0 Å². The number of likely N-dealkylation sites (tertiary alicyclic amines) is 1. The first-order chi connectivity index (χ1) is 7.43. The van der Waals surface area contributed by atoms with Crippen LogP contribution in [0.5, 0.6) is 0 Å². The second-order valence-corrected chi connectivity index (χ2v) is 3.94. The van der Waals surface area contributed by atoms with Gasteiger partial charge in [-0.3, -0.25) is 14.5 Å². The Bertz CT molecular complexity index is 311. The highest BCUT2D eigenvalue weighted by Gasteiger charge is 2.48. The SMILES string of the molecule is COCCC(C)(C(=O)O)N1C(=O)CCC1=O. The first-order valence-corrected chi connectivity index (χ1v) is 5.01. The molecule has 1 fully saturated rings. The predicted molar refractivity (Wildman–Crippen MR) is 53.6 cm³/mol. The number of rotatable bonds is 5. The molecule has 0 radical (unpaired) electrons. The third kappa shape index (κ3) is 2.06. The number of carboxylic acids is 1. The lowest BCUT2D eigenvalue weighted by Gasteiger charge is -2.33. The van der Waals surface area contributed by atoms with E-state index in [1.165, 1.54) is 14.0 Å². The fraction of sp³-hybridized carbons (Fsp3) is 0.700. The summed E-state index contributed by atoms with van der Waals surface area (Å²) in [6, 6.07) is 0. The van der Waals surface area contributed by atoms with Gasteiger partial charge in [-0.25, -0.2) is 4.79 Å². The van der Waals surface area contributed by atoms with Crippen molar-refractivity contribution < 1.29 is 24.2 Å². The maximum absolute atomic E-state index is 11.5. The molecule has 1 saturated heterocycles. The molecule has 0 aliphatic carbocycles. The van der Waals surface area contributed by atoms with Gasteiger partial charge in [-0.15, -0.1) is 0 Å². The number of methoxy groups -OCH3 is 1. The summed E-state index contributed by atoms with van der Waals surface area (Å²) in [5, 5.41) is 9.15. The van der Waals surface area contributed by atoms with Gasteiger partial charge in [0.15, 0.2) is 0 Å². The van der Waals surface area contributed by atoms with E-state index in [-0.39, 0.29) is 25.9 Å². The van der Waals surface area contributed by atoms with Crippen LogP contribution in [0.15, 0.2) is 0 Å². The summed E-state index contributed by atoms with van der Waals surface area (Å²) in [6.45, 7) is 1.55. The van der Waals surface area contributed by atoms with Crippen LogP contribution in [-0.4, -0.2) is 47.0 Å². The van der Waals surface area contributed by atoms with E-state index < -0.39 is 23.3 Å². The van der Waals surface area contributed by atoms with E-state index in [0.29, 0.717) is 0 Å². The van der Waals surface area contributed by atoms with E-state index in [1.54, 1.807) is 0 Å². The maximum Gasteiger partial charge on any atom is 0.329 e. The molecule has 1 heterocycles. The van der Waals surface area contributed by atoms with Gasteiger partial charge in [-0.2, -0.15) is 0 Å². The zero-order chi connectivity index (χ0) is 12.3. The lowest BCUT2D eigenvalue weighted by atomic mass is 9.96. The lowest BCUT2D eigenvalue weighted by Crippen LogP contribution is -2.55. The van der Waals surface area contributed by atoms with Crippen molar-refractivity contribution in [2.75, 3.05) is 13.7 Å². The molecule has 0 spiro atoms. The minimum absolute atomic E-state index is 0.0919. The van der Waals surface area contributed by atoms with Gasteiger partial charge in [-0.05, 0) is 6.92 Å². The Kier molecular flexibility index (Phi) is 3.64. The third-order valence-corrected chi connectivity index (χ3v) is 2.80. The molecule has 1 rings (SSSR count). The largest absolute Gasteiger partial charge is 0.479 e. The van der Waals surface area contributed by atoms with Gasteiger partial charge >= 0.3 is 5.97 Å². The number of imide groups is 1. The van der Waals surface area contributed by atoms with Gasteiger partial charge in [0.1, 0.15) is 5.54 Å². The number of ether oxygens (including phenoxy) is 1. The first-order valence-electron chi connectivity index (χ1n) is 5.01. The minimum Gasteiger partial charge on any atom is -0.479 e. The summed E-state index contributed by atoms with van der Waals surface area (Å²) >= 11 is 0. The molecule has 1 N–H and O–H groups in total. The summed E-state index contributed by atoms with van der Waals surface area (Å²) in [4.78, 5) is 35.1. The summed E-state index contributed by atoms with van der Waals surface area (Å²) in [6.07, 6.45) is 0.277. The van der Waals surface area contributed by atoms with E-state index in [9.17, 15) is 14.4 Å². The van der Waals surface area contributed by atoms with Gasteiger partial charge in [-0.1, -0.05) is 0 Å². The molecule has 6 nitrogen and oxygen atoms in total. The van der Waals surface area contributed by atoms with E-state index in [4.69, 9.17) is 9.84 Å². The number of carboxylic acid groups (broad SMARTS) is 1. The van der Waals surface area contributed by atoms with Crippen molar-refractivity contribution in [2.45, 2.75) is 31.7 Å². The van der Waals surface area contributed by atoms with Crippen LogP contribution >= 0.6 is 0 Å². The maximum atomic E-state index is 11.5. The molecule has 1 unspecified atom stereocenters. The summed E-state index contributed by atoms with van der Waals surface area (Å²) in [7, 11) is 1.44. The highest BCUT2D eigenvalue weighted by atomic mass is 16.5. The van der Waals surface area contributed by atoms with Crippen molar-refractivity contribution in [2.24, 2.45) is 0 Å². The normalized spacial score (nSPS) is 20.0. The van der Waals surface area contributed by atoms with Crippen molar-refractivity contribution >= 4 is 17.8 Å². The molecular weight excluding hydrogens is 214 g/mol. The zero-order valence-electron chi connectivity index (χ0n) is 9.36. The van der Waals surface area contributed by atoms with Crippen LogP contribution in [0, 0.1) is 0 Å². The number of aliphatic carboxylic acids is 1. The third-order valence-electron chi connectivity index (χ3n) is 2.80. The average Bonchev–Trinajstić information content (AvgIpc) is 2.55. The van der Waals surface area contributed by atoms with Gasteiger partial charge in [0.05, 0.1) is 0 Å². The van der Waals surface area contributed by atoms with E-state index in [1.807, 2.05) is 0 Å². The Labute approximate surface area is 93.2 Å². The fourth-order valence-corrected chi connectivity index (χ4v) is 1.74. The van der Waals surface area contributed by atoms with Crippen molar-refractivity contribution in [3.8, 4) is 0 Å². The quantitative estimate of drug-likeness (QED) is 0.671. The number of nitrogens with zero attached hydrogens (tertiary/aromatic N) is 1. The topological polar surface area (TPSA) is 83.9 Å². The molecule has 1 aliphatic rings. The summed E-state index contributed by atoms with van der Waals surface area (Å²) in [5.41, 5.74) is -1.50. The molecular formula is C10H15NO5. The molecule has 90 valence electrons. The average molecular weight is 229 g/mol. The monoisotopic (exact) mass is 229 g/mol. The van der Waals surface area contributed by atoms with E-state index in [2.05, 4.69) is 0 Å². The van der Waals surface area contributed by atoms with Crippen LogP contribution in [0.4, 0.5) is 0 Å². The molecule has 0 bridgehead atoms. The Morgan fingerprint density at radius 3 is 2.31 bits per heavy atom. The number of hydrogen-bond acceptors (Lipinski definition) is 4. The van der Waals surface area contributed by atoms with Crippen molar-refractivity contribution in [1.29, 1.82) is 0 Å². The van der Waals surface area contributed by atoms with Crippen LogP contribution in [-0.2, 0) is 19.1 Å². The number of hydrogen-bond donors (Lipinski definition) is 1. The number of amides is 2. The molecule has 1 atom stereocenters. The Morgan fingerprint density at radius 1 is 1.44 bits per heavy atom. The van der Waals surface area contributed by atoms with Crippen LogP contribution in [0.3, 0.4) is 0 Å². The molecule has 2 amide bonds. The second-order valence-electron chi connectivity index (χ2n) is 3.94. The van der Waals surface area contributed by atoms with Crippen LogP contribution in [0.1, 0.15) is 26.2 Å². The highest BCUT2D eigenvalue weighted by molar-refractivity contribution is 6.06. The van der Waals surface area contributed by atoms with Crippen molar-refractivity contribution in [3.05, 3.63) is 0 Å². The smallest absolute Gasteiger partial charge is 0.329 e. The second kappa shape index (κ2) is 4.61. The van der Waals surface area contributed by atoms with Gasteiger partial charge in [0, 0.05) is 33.0 Å². The van der Waals surface area contributed by atoms with Gasteiger partial charge in [0.25, 0.3) is 0 Å². The van der Waals surface area contributed by atoms with Crippen molar-refractivity contribution in [1.82, 2.24) is 4.90 Å². The highest BCUT2D eigenvalue weighted by Crippen LogP contribution is 2.27. The Balaban J connectivity index is 2.96. The minimum atomic E-state index is -1.50. The molecule has 16 heavy (non-hydrogen) atoms. The Morgan fingerprint density at radius 2 is 1.94 bits per heavy atom. The molecule has 0 aromatic carbocycles. The first kappa shape index (κ1) is 12.6. The molecule has 0 aromatic heterocycles. The van der Waals surface area contributed by atoms with Crippen LogP contribution in [0.2, 0.25) is 0 Å². The zero-order valence-corrected chi connectivity index (χ0v) is 9.36. The Hall–Kier alpha value is -1.43. The lowest BCUT2D eigenvalue weighted by molar-refractivity contribution is -0.162. The number of carbonyl (C=O) groups excluding carboxylic acids is 2. The fourth-order valence-electron chi connectivity index (χ4n) is 1.74. The summed E-state index contributed by atoms with van der Waals surface area (Å²) < 4.78 is 4.81. The predicted octanol–water partition coefficient (Wildman–Crippen LogP) is 0.0152. The molecule has 0 saturated carbocycles. The molecule has 6 heteroatoms. The van der Waals surface area contributed by atoms with E-state index >= 15 is 0 Å². The molecule has 1 aliphatic heterocycles. The van der Waals surface area contributed by atoms with E-state index in [0.717, 1.165) is 4.90 Å². The number of carbonyl (C=O) groups is 3. The summed E-state index contributed by atoms with van der Waals surface area (Å²) in [5.74, 6) is -2.04. The molecule has 0 aromatic rings. The standard InChI is InChI=1S/C10H15NO5/c1-10(9(14)15,5-6-16-2)11-7(12)3-4-8(11)13/h3-6H2,1-2H3,(H,14,15). The van der Waals surface area contributed by atoms with Gasteiger partial charge in [0.2, 0.25) is 11.8 Å². The van der Waals surface area contributed by atoms with Crippen molar-refractivity contribution in [3.63, 3.8) is 0 Å². The van der Waals surface area contributed by atoms with Gasteiger partial charge < -0.3 is 9.84 Å².